The van der Waals surface area contributed by atoms with E-state index in [1.807, 2.05) is 48.7 Å². The van der Waals surface area contributed by atoms with Gasteiger partial charge in [0.1, 0.15) is 12.1 Å². The summed E-state index contributed by atoms with van der Waals surface area (Å²) in [6.07, 6.45) is 3.26. The first kappa shape index (κ1) is 13.2. The predicted molar refractivity (Wildman–Crippen MR) is 86.9 cm³/mol. The zero-order valence-corrected chi connectivity index (χ0v) is 12.6. The molecule has 0 radical (unpaired) electrons. The molecule has 1 aliphatic heterocycles. The van der Waals surface area contributed by atoms with E-state index in [0.29, 0.717) is 23.8 Å². The zero-order valence-electron chi connectivity index (χ0n) is 12.6. The van der Waals surface area contributed by atoms with Gasteiger partial charge in [-0.25, -0.2) is 4.98 Å². The minimum absolute atomic E-state index is 0.357. The van der Waals surface area contributed by atoms with E-state index in [1.165, 1.54) is 0 Å². The molecule has 2 aromatic heterocycles. The number of fused-ring (bicyclic) bond motifs is 2. The molecule has 6 nitrogen and oxygen atoms in total. The maximum Gasteiger partial charge on any atom is 0.240 e. The van der Waals surface area contributed by atoms with Crippen LogP contribution in [-0.4, -0.2) is 21.8 Å². The van der Waals surface area contributed by atoms with Crippen LogP contribution in [0.25, 0.3) is 22.2 Å². The van der Waals surface area contributed by atoms with Gasteiger partial charge in [0.25, 0.3) is 0 Å². The molecule has 0 spiro atoms. The van der Waals surface area contributed by atoms with Gasteiger partial charge in [0, 0.05) is 11.8 Å². The molecule has 0 amide bonds. The Bertz CT molecular complexity index is 1010. The van der Waals surface area contributed by atoms with Crippen LogP contribution in [0.15, 0.2) is 59.3 Å². The first-order valence-electron chi connectivity index (χ1n) is 7.65. The summed E-state index contributed by atoms with van der Waals surface area (Å²) in [5, 5.41) is 6.78. The number of hydrogen-bond acceptors (Lipinski definition) is 5. The molecular formula is C18H13N3O3. The van der Waals surface area contributed by atoms with Crippen molar-refractivity contribution in [3.63, 3.8) is 0 Å². The van der Waals surface area contributed by atoms with Crippen LogP contribution >= 0.6 is 0 Å². The number of H-pyrrole nitrogens is 1. The molecule has 0 saturated heterocycles. The number of hydrogen-bond donors (Lipinski definition) is 1. The summed E-state index contributed by atoms with van der Waals surface area (Å²) in [4.78, 5) is 4.54. The summed E-state index contributed by atoms with van der Waals surface area (Å²) in [5.74, 6) is 1.96. The summed E-state index contributed by atoms with van der Waals surface area (Å²) in [6, 6.07) is 13.5. The molecular weight excluding hydrogens is 306 g/mol. The molecule has 1 unspecified atom stereocenters. The van der Waals surface area contributed by atoms with Crippen LogP contribution in [0.1, 0.15) is 12.0 Å². The molecule has 1 aliphatic rings. The average molecular weight is 319 g/mol. The molecule has 1 N–H and O–H groups in total. The molecule has 118 valence electrons. The van der Waals surface area contributed by atoms with Crippen molar-refractivity contribution >= 4 is 11.1 Å². The van der Waals surface area contributed by atoms with Gasteiger partial charge >= 0.3 is 0 Å². The lowest BCUT2D eigenvalue weighted by Gasteiger charge is -2.24. The van der Waals surface area contributed by atoms with Gasteiger partial charge in [-0.1, -0.05) is 18.2 Å². The van der Waals surface area contributed by atoms with Crippen molar-refractivity contribution in [3.8, 4) is 22.6 Å². The molecule has 0 saturated carbocycles. The monoisotopic (exact) mass is 319 g/mol. The highest BCUT2D eigenvalue weighted by atomic mass is 16.6. The number of nitrogens with zero attached hydrogens (tertiary/aromatic N) is 2. The van der Waals surface area contributed by atoms with E-state index in [1.54, 1.807) is 6.20 Å². The van der Waals surface area contributed by atoms with Crippen LogP contribution in [0.4, 0.5) is 0 Å². The van der Waals surface area contributed by atoms with Crippen LogP contribution in [0.2, 0.25) is 0 Å². The van der Waals surface area contributed by atoms with Gasteiger partial charge < -0.3 is 13.9 Å². The van der Waals surface area contributed by atoms with Crippen LogP contribution in [-0.2, 0) is 0 Å². The first-order valence-corrected chi connectivity index (χ1v) is 7.65. The summed E-state index contributed by atoms with van der Waals surface area (Å²) < 4.78 is 17.6. The van der Waals surface area contributed by atoms with Gasteiger partial charge in [0.2, 0.25) is 12.0 Å². The van der Waals surface area contributed by atoms with E-state index in [0.717, 1.165) is 22.4 Å². The Kier molecular flexibility index (Phi) is 2.82. The molecule has 4 aromatic rings. The van der Waals surface area contributed by atoms with Crippen LogP contribution in [0, 0.1) is 0 Å². The number of aromatic amines is 1. The Morgan fingerprint density at radius 1 is 1.04 bits per heavy atom. The minimum atomic E-state index is -0.357. The number of aromatic nitrogens is 3. The van der Waals surface area contributed by atoms with Crippen molar-refractivity contribution in [1.29, 1.82) is 0 Å². The lowest BCUT2D eigenvalue weighted by atomic mass is 10.1. The van der Waals surface area contributed by atoms with Crippen LogP contribution in [0.3, 0.4) is 0 Å². The second-order valence-electron chi connectivity index (χ2n) is 5.59. The topological polar surface area (TPSA) is 73.2 Å². The molecule has 3 heterocycles. The van der Waals surface area contributed by atoms with Crippen molar-refractivity contribution < 1.29 is 13.9 Å². The molecule has 24 heavy (non-hydrogen) atoms. The summed E-state index contributed by atoms with van der Waals surface area (Å²) in [7, 11) is 0. The van der Waals surface area contributed by atoms with Gasteiger partial charge in [-0.05, 0) is 29.8 Å². The summed E-state index contributed by atoms with van der Waals surface area (Å²) in [6.45, 7) is 0.373. The third kappa shape index (κ3) is 2.11. The number of para-hydroxylation sites is 2. The predicted octanol–water partition coefficient (Wildman–Crippen LogP) is 3.73. The van der Waals surface area contributed by atoms with Crippen molar-refractivity contribution in [2.24, 2.45) is 0 Å². The van der Waals surface area contributed by atoms with Crippen molar-refractivity contribution in [3.05, 3.63) is 60.7 Å². The fourth-order valence-electron chi connectivity index (χ4n) is 2.81. The van der Waals surface area contributed by atoms with Crippen LogP contribution in [0.5, 0.6) is 11.5 Å². The fraction of sp³-hybridized carbons (Fsp3) is 0.111. The minimum Gasteiger partial charge on any atom is -0.485 e. The number of ether oxygens (including phenoxy) is 2. The normalized spacial score (nSPS) is 16.4. The van der Waals surface area contributed by atoms with Gasteiger partial charge in [-0.15, -0.1) is 0 Å². The van der Waals surface area contributed by atoms with Gasteiger partial charge in [-0.3, -0.25) is 5.10 Å². The van der Waals surface area contributed by atoms with Crippen LogP contribution < -0.4 is 9.47 Å². The third-order valence-electron chi connectivity index (χ3n) is 4.02. The first-order chi connectivity index (χ1) is 11.9. The molecule has 6 heteroatoms. The second-order valence-corrected chi connectivity index (χ2v) is 5.59. The lowest BCUT2D eigenvalue weighted by Crippen LogP contribution is -2.21. The Hall–Kier alpha value is -3.28. The number of rotatable bonds is 2. The number of benzene rings is 2. The Morgan fingerprint density at radius 3 is 2.83 bits per heavy atom. The molecule has 0 aliphatic carbocycles. The Balaban J connectivity index is 1.50. The van der Waals surface area contributed by atoms with E-state index in [9.17, 15) is 0 Å². The summed E-state index contributed by atoms with van der Waals surface area (Å²) >= 11 is 0. The quantitative estimate of drug-likeness (QED) is 0.609. The highest BCUT2D eigenvalue weighted by molar-refractivity contribution is 5.80. The van der Waals surface area contributed by atoms with Gasteiger partial charge in [-0.2, -0.15) is 5.10 Å². The van der Waals surface area contributed by atoms with Crippen molar-refractivity contribution in [2.45, 2.75) is 6.10 Å². The SMILES string of the molecule is c1ccc2c(c1)OCC(c1nc3ccc(-c4cn[nH]c4)cc3o1)O2. The largest absolute Gasteiger partial charge is 0.485 e. The molecule has 0 bridgehead atoms. The number of nitrogens with one attached hydrogen (secondary N) is 1. The third-order valence-corrected chi connectivity index (χ3v) is 4.02. The highest BCUT2D eigenvalue weighted by Gasteiger charge is 2.26. The van der Waals surface area contributed by atoms with E-state index in [4.69, 9.17) is 13.9 Å². The standard InChI is InChI=1S/C18H13N3O3/c1-2-4-15-14(3-1)22-10-17(23-15)18-21-13-6-5-11(7-16(13)24-18)12-8-19-20-9-12/h1-9,17H,10H2,(H,19,20). The average Bonchev–Trinajstić information content (AvgIpc) is 3.30. The Morgan fingerprint density at radius 2 is 1.96 bits per heavy atom. The second kappa shape index (κ2) is 5.13. The fourth-order valence-corrected chi connectivity index (χ4v) is 2.81. The smallest absolute Gasteiger partial charge is 0.240 e. The molecule has 2 aromatic carbocycles. The van der Waals surface area contributed by atoms with Gasteiger partial charge in [0.05, 0.1) is 6.20 Å². The Labute approximate surface area is 137 Å². The molecule has 1 atom stereocenters. The molecule has 0 fully saturated rings. The van der Waals surface area contributed by atoms with E-state index in [2.05, 4.69) is 15.2 Å². The van der Waals surface area contributed by atoms with E-state index >= 15 is 0 Å². The number of oxazole rings is 1. The lowest BCUT2D eigenvalue weighted by molar-refractivity contribution is 0.0726. The van der Waals surface area contributed by atoms with Crippen molar-refractivity contribution in [2.75, 3.05) is 6.61 Å². The van der Waals surface area contributed by atoms with Crippen molar-refractivity contribution in [1.82, 2.24) is 15.2 Å². The maximum atomic E-state index is 5.95. The van der Waals surface area contributed by atoms with E-state index in [-0.39, 0.29) is 6.10 Å². The maximum absolute atomic E-state index is 5.95. The zero-order chi connectivity index (χ0) is 15.9. The summed E-state index contributed by atoms with van der Waals surface area (Å²) in [5.41, 5.74) is 3.52. The highest BCUT2D eigenvalue weighted by Crippen LogP contribution is 2.36. The van der Waals surface area contributed by atoms with Gasteiger partial charge in [0.15, 0.2) is 17.1 Å². The molecule has 5 rings (SSSR count). The van der Waals surface area contributed by atoms with E-state index < -0.39 is 0 Å².